The maximum Gasteiger partial charge on any atom is 0.291 e. The van der Waals surface area contributed by atoms with Gasteiger partial charge < -0.3 is 14.5 Å². The van der Waals surface area contributed by atoms with E-state index in [1.807, 2.05) is 38.1 Å². The number of aromatic nitrogens is 3. The van der Waals surface area contributed by atoms with E-state index in [-0.39, 0.29) is 22.6 Å². The summed E-state index contributed by atoms with van der Waals surface area (Å²) in [5, 5.41) is 8.21. The van der Waals surface area contributed by atoms with Crippen LogP contribution in [0, 0.1) is 6.92 Å². The van der Waals surface area contributed by atoms with Crippen LogP contribution in [0.1, 0.15) is 18.1 Å². The van der Waals surface area contributed by atoms with E-state index in [9.17, 15) is 14.4 Å². The first-order chi connectivity index (χ1) is 20.4. The first-order valence-electron chi connectivity index (χ1n) is 13.3. The minimum Gasteiger partial charge on any atom is -0.494 e. The number of aryl methyl sites for hydroxylation is 1. The van der Waals surface area contributed by atoms with Gasteiger partial charge in [-0.15, -0.1) is 5.10 Å². The van der Waals surface area contributed by atoms with Crippen LogP contribution in [0.5, 0.6) is 5.75 Å². The summed E-state index contributed by atoms with van der Waals surface area (Å²) in [6.45, 7) is 4.13. The van der Waals surface area contributed by atoms with Gasteiger partial charge in [-0.3, -0.25) is 19.3 Å². The lowest BCUT2D eigenvalue weighted by molar-refractivity contribution is -0.118. The number of hydrogen-bond donors (Lipinski definition) is 1. The van der Waals surface area contributed by atoms with Gasteiger partial charge in [0.2, 0.25) is 16.7 Å². The normalized spacial score (nSPS) is 14.1. The third-order valence-electron chi connectivity index (χ3n) is 7.11. The van der Waals surface area contributed by atoms with Gasteiger partial charge in [0.1, 0.15) is 22.4 Å². The van der Waals surface area contributed by atoms with E-state index < -0.39 is 11.5 Å². The number of amides is 2. The summed E-state index contributed by atoms with van der Waals surface area (Å²) in [6, 6.07) is 21.7. The number of benzene rings is 3. The molecule has 42 heavy (non-hydrogen) atoms. The average molecular weight is 578 g/mol. The molecule has 1 N–H and O–H groups in total. The number of nitrogens with zero attached hydrogens (tertiary/aromatic N) is 4. The van der Waals surface area contributed by atoms with Crippen LogP contribution in [-0.4, -0.2) is 39.6 Å². The topological polar surface area (TPSA) is 119 Å². The van der Waals surface area contributed by atoms with Crippen molar-refractivity contribution in [2.24, 2.45) is 0 Å². The van der Waals surface area contributed by atoms with Crippen molar-refractivity contribution in [2.75, 3.05) is 23.4 Å². The van der Waals surface area contributed by atoms with E-state index in [0.717, 1.165) is 22.3 Å². The summed E-state index contributed by atoms with van der Waals surface area (Å²) in [7, 11) is 0. The molecule has 0 radical (unpaired) electrons. The lowest BCUT2D eigenvalue weighted by Crippen LogP contribution is -2.37. The third-order valence-corrected chi connectivity index (χ3v) is 8.13. The Kier molecular flexibility index (Phi) is 6.09. The summed E-state index contributed by atoms with van der Waals surface area (Å²) in [4.78, 5) is 46.6. The van der Waals surface area contributed by atoms with Crippen LogP contribution in [0.2, 0.25) is 0 Å². The lowest BCUT2D eigenvalue weighted by atomic mass is 10.1. The molecular weight excluding hydrogens is 554 g/mol. The Bertz CT molecular complexity index is 2140. The molecule has 3 aromatic carbocycles. The fourth-order valence-corrected chi connectivity index (χ4v) is 6.17. The highest BCUT2D eigenvalue weighted by Gasteiger charge is 2.35. The Morgan fingerprint density at radius 1 is 1.02 bits per heavy atom. The molecular formula is C31H23N5O5S. The zero-order chi connectivity index (χ0) is 29.0. The van der Waals surface area contributed by atoms with Crippen molar-refractivity contribution >= 4 is 56.0 Å². The first-order valence-corrected chi connectivity index (χ1v) is 14.1. The van der Waals surface area contributed by atoms with Crippen LogP contribution in [0.15, 0.2) is 82.0 Å². The van der Waals surface area contributed by atoms with E-state index in [1.54, 1.807) is 48.5 Å². The van der Waals surface area contributed by atoms with Gasteiger partial charge in [-0.25, -0.2) is 0 Å². The molecule has 10 nitrogen and oxygen atoms in total. The number of anilines is 2. The van der Waals surface area contributed by atoms with Crippen LogP contribution in [-0.2, 0) is 9.59 Å². The predicted molar refractivity (Wildman–Crippen MR) is 160 cm³/mol. The molecule has 2 amide bonds. The number of rotatable bonds is 6. The standard InChI is InChI=1S/C31H23N5O5S/c1-3-40-19-14-12-18(13-15-19)32-24(37)16-35-22-10-6-4-9-21(22)25(29(35)38)27-30(39)36-31(42-27)33-28(34-36)26-17(2)20-8-5-7-11-23(20)41-26/h4-15H,3,16H2,1-2H3,(H,32,37)/b27-25-. The quantitative estimate of drug-likeness (QED) is 0.316. The van der Waals surface area contributed by atoms with Crippen molar-refractivity contribution in [1.29, 1.82) is 0 Å². The number of thiazole rings is 1. The van der Waals surface area contributed by atoms with E-state index in [1.165, 1.54) is 9.42 Å². The predicted octanol–water partition coefficient (Wildman–Crippen LogP) is 4.17. The van der Waals surface area contributed by atoms with Gasteiger partial charge in [0.25, 0.3) is 11.5 Å². The highest BCUT2D eigenvalue weighted by molar-refractivity contribution is 7.15. The Hall–Kier alpha value is -5.29. The van der Waals surface area contributed by atoms with Gasteiger partial charge >= 0.3 is 0 Å². The van der Waals surface area contributed by atoms with Crippen molar-refractivity contribution in [3.63, 3.8) is 0 Å². The zero-order valence-electron chi connectivity index (χ0n) is 22.6. The van der Waals surface area contributed by atoms with Crippen LogP contribution in [0.4, 0.5) is 11.4 Å². The Balaban J connectivity index is 1.23. The highest BCUT2D eigenvalue weighted by atomic mass is 32.1. The molecule has 1 aliphatic heterocycles. The Labute approximate surface area is 242 Å². The monoisotopic (exact) mass is 577 g/mol. The molecule has 0 aliphatic carbocycles. The average Bonchev–Trinajstić information content (AvgIpc) is 3.71. The van der Waals surface area contributed by atoms with Gasteiger partial charge in [-0.1, -0.05) is 47.7 Å². The number of ether oxygens (including phenoxy) is 1. The van der Waals surface area contributed by atoms with E-state index in [0.29, 0.717) is 51.4 Å². The van der Waals surface area contributed by atoms with E-state index in [2.05, 4.69) is 15.4 Å². The molecule has 6 aromatic rings. The number of carbonyl (C=O) groups excluding carboxylic acids is 2. The van der Waals surface area contributed by atoms with Gasteiger partial charge in [-0.05, 0) is 50.2 Å². The van der Waals surface area contributed by atoms with Crippen molar-refractivity contribution < 1.29 is 18.7 Å². The summed E-state index contributed by atoms with van der Waals surface area (Å²) in [5.74, 6) is 0.679. The van der Waals surface area contributed by atoms with Crippen molar-refractivity contribution in [2.45, 2.75) is 13.8 Å². The fraction of sp³-hybridized carbons (Fsp3) is 0.129. The largest absolute Gasteiger partial charge is 0.494 e. The molecule has 208 valence electrons. The molecule has 1 aliphatic rings. The number of carbonyl (C=O) groups is 2. The second kappa shape index (κ2) is 9.96. The number of hydrogen-bond acceptors (Lipinski definition) is 8. The molecule has 0 bridgehead atoms. The zero-order valence-corrected chi connectivity index (χ0v) is 23.4. The van der Waals surface area contributed by atoms with Gasteiger partial charge in [-0.2, -0.15) is 9.50 Å². The maximum absolute atomic E-state index is 13.7. The molecule has 3 aromatic heterocycles. The Morgan fingerprint density at radius 2 is 1.79 bits per heavy atom. The lowest BCUT2D eigenvalue weighted by Gasteiger charge is -2.16. The number of fused-ring (bicyclic) bond motifs is 3. The highest BCUT2D eigenvalue weighted by Crippen LogP contribution is 2.35. The van der Waals surface area contributed by atoms with Gasteiger partial charge in [0.05, 0.1) is 17.9 Å². The molecule has 0 saturated carbocycles. The van der Waals surface area contributed by atoms with Crippen LogP contribution in [0.3, 0.4) is 0 Å². The summed E-state index contributed by atoms with van der Waals surface area (Å²) in [5.41, 5.74) is 3.06. The molecule has 0 spiro atoms. The molecule has 11 heteroatoms. The minimum absolute atomic E-state index is 0.213. The van der Waals surface area contributed by atoms with Crippen LogP contribution < -0.4 is 25.0 Å². The van der Waals surface area contributed by atoms with E-state index >= 15 is 0 Å². The van der Waals surface area contributed by atoms with Crippen LogP contribution >= 0.6 is 11.3 Å². The third kappa shape index (κ3) is 4.13. The SMILES string of the molecule is CCOc1ccc(NC(=O)CN2C(=O)/C(=c3\sc4nc(-c5oc6ccccc6c5C)nn4c3=O)c3ccccc32)cc1. The Morgan fingerprint density at radius 3 is 2.55 bits per heavy atom. The van der Waals surface area contributed by atoms with Crippen molar-refractivity contribution in [3.05, 3.63) is 98.8 Å². The fourth-order valence-electron chi connectivity index (χ4n) is 5.17. The minimum atomic E-state index is -0.457. The van der Waals surface area contributed by atoms with Crippen molar-refractivity contribution in [1.82, 2.24) is 14.6 Å². The first kappa shape index (κ1) is 25.7. The van der Waals surface area contributed by atoms with Crippen molar-refractivity contribution in [3.8, 4) is 17.3 Å². The number of para-hydroxylation sites is 2. The van der Waals surface area contributed by atoms with Gasteiger partial charge in [0, 0.05) is 22.2 Å². The number of furan rings is 1. The van der Waals surface area contributed by atoms with E-state index in [4.69, 9.17) is 9.15 Å². The molecule has 0 atom stereocenters. The second-order valence-corrected chi connectivity index (χ2v) is 10.7. The van der Waals surface area contributed by atoms with Gasteiger partial charge in [0.15, 0.2) is 5.76 Å². The molecule has 0 saturated heterocycles. The second-order valence-electron chi connectivity index (χ2n) is 9.71. The molecule has 0 fully saturated rings. The summed E-state index contributed by atoms with van der Waals surface area (Å²) < 4.78 is 12.8. The molecule has 7 rings (SSSR count). The molecule has 0 unspecified atom stereocenters. The smallest absolute Gasteiger partial charge is 0.291 e. The summed E-state index contributed by atoms with van der Waals surface area (Å²) >= 11 is 1.08. The molecule has 4 heterocycles. The van der Waals surface area contributed by atoms with Crippen LogP contribution in [0.25, 0.3) is 33.1 Å². The summed E-state index contributed by atoms with van der Waals surface area (Å²) in [6.07, 6.45) is 0. The number of nitrogens with one attached hydrogen (secondary N) is 1. The maximum atomic E-state index is 13.7.